The molecular weight excluding hydrogens is 356 g/mol. The van der Waals surface area contributed by atoms with Crippen LogP contribution in [-0.4, -0.2) is 23.5 Å². The molecule has 2 aromatic rings. The third-order valence-electron chi connectivity index (χ3n) is 3.09. The molecule has 0 aliphatic heterocycles. The fourth-order valence-electron chi connectivity index (χ4n) is 1.82. The molecule has 3 nitrogen and oxygen atoms in total. The van der Waals surface area contributed by atoms with Crippen molar-refractivity contribution < 1.29 is 18.3 Å². The van der Waals surface area contributed by atoms with Gasteiger partial charge < -0.3 is 10.1 Å². The minimum atomic E-state index is -0.799. The van der Waals surface area contributed by atoms with Gasteiger partial charge in [-0.15, -0.1) is 11.8 Å². The molecule has 128 valence electrons. The minimum Gasteiger partial charge on any atom is -0.493 e. The van der Waals surface area contributed by atoms with E-state index in [-0.39, 0.29) is 11.6 Å². The fourth-order valence-corrected chi connectivity index (χ4v) is 2.69. The molecule has 0 fully saturated rings. The Morgan fingerprint density at radius 1 is 1.25 bits per heavy atom. The highest BCUT2D eigenvalue weighted by Gasteiger charge is 2.15. The Kier molecular flexibility index (Phi) is 6.87. The number of thioether (sulfide) groups is 1. The van der Waals surface area contributed by atoms with Gasteiger partial charge in [0, 0.05) is 16.8 Å². The summed E-state index contributed by atoms with van der Waals surface area (Å²) < 4.78 is 31.9. The van der Waals surface area contributed by atoms with E-state index in [0.29, 0.717) is 23.1 Å². The third kappa shape index (κ3) is 5.69. The lowest BCUT2D eigenvalue weighted by atomic mass is 10.3. The highest BCUT2D eigenvalue weighted by Crippen LogP contribution is 2.19. The number of carbonyl (C=O) groups excluding carboxylic acids is 1. The van der Waals surface area contributed by atoms with Crippen molar-refractivity contribution in [1.82, 2.24) is 0 Å². The van der Waals surface area contributed by atoms with Gasteiger partial charge in [-0.1, -0.05) is 11.6 Å². The van der Waals surface area contributed by atoms with Crippen LogP contribution in [0.25, 0.3) is 0 Å². The summed E-state index contributed by atoms with van der Waals surface area (Å²) >= 11 is 7.16. The van der Waals surface area contributed by atoms with Gasteiger partial charge in [-0.3, -0.25) is 4.79 Å². The van der Waals surface area contributed by atoms with Gasteiger partial charge in [0.05, 0.1) is 17.5 Å². The Balaban J connectivity index is 1.74. The topological polar surface area (TPSA) is 38.3 Å². The Morgan fingerprint density at radius 3 is 2.62 bits per heavy atom. The number of hydrogen-bond acceptors (Lipinski definition) is 3. The van der Waals surface area contributed by atoms with Crippen LogP contribution in [0.3, 0.4) is 0 Å². The highest BCUT2D eigenvalue weighted by molar-refractivity contribution is 8.00. The van der Waals surface area contributed by atoms with Crippen LogP contribution in [0.2, 0.25) is 5.02 Å². The lowest BCUT2D eigenvalue weighted by Gasteiger charge is -2.13. The summed E-state index contributed by atoms with van der Waals surface area (Å²) in [7, 11) is 0. The molecule has 0 aromatic heterocycles. The quantitative estimate of drug-likeness (QED) is 0.713. The SMILES string of the molecule is CC(SCCOc1ccc(Cl)cc1)C(=O)Nc1ccc(F)cc1F. The van der Waals surface area contributed by atoms with Gasteiger partial charge in [0.2, 0.25) is 5.91 Å². The van der Waals surface area contributed by atoms with Crippen LogP contribution < -0.4 is 10.1 Å². The third-order valence-corrected chi connectivity index (χ3v) is 4.46. The summed E-state index contributed by atoms with van der Waals surface area (Å²) in [5.74, 6) is -0.551. The number of benzene rings is 2. The summed E-state index contributed by atoms with van der Waals surface area (Å²) in [4.78, 5) is 12.0. The molecule has 24 heavy (non-hydrogen) atoms. The largest absolute Gasteiger partial charge is 0.493 e. The van der Waals surface area contributed by atoms with E-state index in [1.165, 1.54) is 17.8 Å². The van der Waals surface area contributed by atoms with Crippen molar-refractivity contribution in [2.45, 2.75) is 12.2 Å². The van der Waals surface area contributed by atoms with Gasteiger partial charge in [-0.25, -0.2) is 8.78 Å². The molecule has 1 unspecified atom stereocenters. The van der Waals surface area contributed by atoms with Gasteiger partial charge in [0.1, 0.15) is 17.4 Å². The van der Waals surface area contributed by atoms with Crippen molar-refractivity contribution in [2.75, 3.05) is 17.7 Å². The fraction of sp³-hybridized carbons (Fsp3) is 0.235. The number of amides is 1. The summed E-state index contributed by atoms with van der Waals surface area (Å²) in [6.45, 7) is 2.14. The van der Waals surface area contributed by atoms with Crippen LogP contribution in [-0.2, 0) is 4.79 Å². The van der Waals surface area contributed by atoms with Crippen molar-refractivity contribution in [3.05, 3.63) is 59.1 Å². The summed E-state index contributed by atoms with van der Waals surface area (Å²) in [5.41, 5.74) is -0.0359. The molecule has 0 aliphatic carbocycles. The lowest BCUT2D eigenvalue weighted by molar-refractivity contribution is -0.115. The number of halogens is 3. The molecule has 0 aliphatic rings. The normalized spacial score (nSPS) is 11.8. The Hall–Kier alpha value is -1.79. The first-order chi connectivity index (χ1) is 11.5. The zero-order valence-corrected chi connectivity index (χ0v) is 14.5. The average Bonchev–Trinajstić information content (AvgIpc) is 2.55. The van der Waals surface area contributed by atoms with Crippen molar-refractivity contribution in [3.63, 3.8) is 0 Å². The van der Waals surface area contributed by atoms with Crippen LogP contribution in [0.15, 0.2) is 42.5 Å². The summed E-state index contributed by atoms with van der Waals surface area (Å²) in [6, 6.07) is 10.0. The second-order valence-electron chi connectivity index (χ2n) is 4.93. The van der Waals surface area contributed by atoms with Crippen molar-refractivity contribution in [2.24, 2.45) is 0 Å². The zero-order chi connectivity index (χ0) is 17.5. The van der Waals surface area contributed by atoms with Crippen LogP contribution in [0.5, 0.6) is 5.75 Å². The van der Waals surface area contributed by atoms with E-state index in [1.807, 2.05) is 0 Å². The van der Waals surface area contributed by atoms with Crippen LogP contribution in [0.4, 0.5) is 14.5 Å². The molecule has 2 aromatic carbocycles. The van der Waals surface area contributed by atoms with E-state index in [4.69, 9.17) is 16.3 Å². The minimum absolute atomic E-state index is 0.0359. The molecule has 0 radical (unpaired) electrons. The molecule has 0 saturated heterocycles. The first-order valence-electron chi connectivity index (χ1n) is 7.21. The number of nitrogens with one attached hydrogen (secondary N) is 1. The number of ether oxygens (including phenoxy) is 1. The monoisotopic (exact) mass is 371 g/mol. The molecule has 0 saturated carbocycles. The maximum absolute atomic E-state index is 13.5. The smallest absolute Gasteiger partial charge is 0.237 e. The average molecular weight is 372 g/mol. The predicted molar refractivity (Wildman–Crippen MR) is 93.9 cm³/mol. The Morgan fingerprint density at radius 2 is 1.96 bits per heavy atom. The summed E-state index contributed by atoms with van der Waals surface area (Å²) in [6.07, 6.45) is 0. The van der Waals surface area contributed by atoms with Crippen LogP contribution in [0, 0.1) is 11.6 Å². The predicted octanol–water partition coefficient (Wildman–Crippen LogP) is 4.76. The molecule has 0 bridgehead atoms. The van der Waals surface area contributed by atoms with Gasteiger partial charge in [-0.05, 0) is 43.3 Å². The van der Waals surface area contributed by atoms with Crippen LogP contribution in [0.1, 0.15) is 6.92 Å². The summed E-state index contributed by atoms with van der Waals surface area (Å²) in [5, 5.41) is 2.68. The van der Waals surface area contributed by atoms with Gasteiger partial charge in [-0.2, -0.15) is 0 Å². The van der Waals surface area contributed by atoms with E-state index in [9.17, 15) is 13.6 Å². The van der Waals surface area contributed by atoms with Gasteiger partial charge in [0.15, 0.2) is 0 Å². The number of hydrogen-bond donors (Lipinski definition) is 1. The molecule has 0 heterocycles. The first-order valence-corrected chi connectivity index (χ1v) is 8.64. The van der Waals surface area contributed by atoms with Gasteiger partial charge >= 0.3 is 0 Å². The number of anilines is 1. The van der Waals surface area contributed by atoms with E-state index >= 15 is 0 Å². The molecule has 7 heteroatoms. The maximum Gasteiger partial charge on any atom is 0.237 e. The van der Waals surface area contributed by atoms with Crippen molar-refractivity contribution in [3.8, 4) is 5.75 Å². The molecule has 1 amide bonds. The second kappa shape index (κ2) is 8.89. The number of rotatable bonds is 7. The molecular formula is C17H16ClF2NO2S. The van der Waals surface area contributed by atoms with Crippen molar-refractivity contribution >= 4 is 35.0 Å². The molecule has 0 spiro atoms. The number of carbonyl (C=O) groups is 1. The lowest BCUT2D eigenvalue weighted by Crippen LogP contribution is -2.24. The van der Waals surface area contributed by atoms with E-state index in [0.717, 1.165) is 12.1 Å². The van der Waals surface area contributed by atoms with E-state index in [2.05, 4.69) is 5.32 Å². The zero-order valence-electron chi connectivity index (χ0n) is 12.9. The van der Waals surface area contributed by atoms with Crippen molar-refractivity contribution in [1.29, 1.82) is 0 Å². The maximum atomic E-state index is 13.5. The van der Waals surface area contributed by atoms with Gasteiger partial charge in [0.25, 0.3) is 0 Å². The van der Waals surface area contributed by atoms with E-state index in [1.54, 1.807) is 31.2 Å². The Labute approximate surface area is 148 Å². The standard InChI is InChI=1S/C17H16ClF2NO2S/c1-11(17(22)21-16-7-4-13(19)10-15(16)20)24-9-8-23-14-5-2-12(18)3-6-14/h2-7,10-11H,8-9H2,1H3,(H,21,22). The highest BCUT2D eigenvalue weighted by atomic mass is 35.5. The molecule has 1 atom stereocenters. The second-order valence-corrected chi connectivity index (χ2v) is 6.81. The Bertz CT molecular complexity index is 697. The van der Waals surface area contributed by atoms with E-state index < -0.39 is 16.9 Å². The first kappa shape index (κ1) is 18.5. The van der Waals surface area contributed by atoms with Crippen LogP contribution >= 0.6 is 23.4 Å². The molecule has 2 rings (SSSR count). The molecule has 1 N–H and O–H groups in total.